The average Bonchev–Trinajstić information content (AvgIpc) is 3.98. The molecule has 1 aromatic heterocycles. The molecule has 254 valence electrons. The Hall–Kier alpha value is -3.24. The Kier molecular flexibility index (Phi) is 4.64. The van der Waals surface area contributed by atoms with Crippen molar-refractivity contribution >= 4 is 0 Å². The van der Waals surface area contributed by atoms with Gasteiger partial charge in [0.15, 0.2) is 35.2 Å². The molecule has 5 heterocycles. The quantitative estimate of drug-likeness (QED) is 0.286. The second-order valence-electron chi connectivity index (χ2n) is 17.8. The van der Waals surface area contributed by atoms with E-state index in [0.29, 0.717) is 36.2 Å². The van der Waals surface area contributed by atoms with Crippen LogP contribution < -0.4 is 9.47 Å². The van der Waals surface area contributed by atoms with Crippen LogP contribution in [0.4, 0.5) is 0 Å². The summed E-state index contributed by atoms with van der Waals surface area (Å²) < 4.78 is 13.9. The number of benzene rings is 2. The second kappa shape index (κ2) is 8.28. The topological polar surface area (TPSA) is 122 Å². The highest BCUT2D eigenvalue weighted by Crippen LogP contribution is 2.72. The summed E-state index contributed by atoms with van der Waals surface area (Å²) in [7, 11) is 0. The van der Waals surface area contributed by atoms with Crippen LogP contribution in [0.3, 0.4) is 0 Å². The Morgan fingerprint density at radius 3 is 1.55 bits per heavy atom. The fourth-order valence-corrected chi connectivity index (χ4v) is 13.4. The van der Waals surface area contributed by atoms with E-state index in [1.54, 1.807) is 12.1 Å². The van der Waals surface area contributed by atoms with Crippen LogP contribution in [0.15, 0.2) is 24.3 Å². The van der Waals surface area contributed by atoms with Gasteiger partial charge in [0, 0.05) is 49.1 Å². The summed E-state index contributed by atoms with van der Waals surface area (Å²) in [5, 5.41) is 49.4. The minimum atomic E-state index is -1.09. The molecule has 2 saturated heterocycles. The lowest BCUT2D eigenvalue weighted by Crippen LogP contribution is -2.75. The molecule has 2 aromatic carbocycles. The Morgan fingerprint density at radius 2 is 1.12 bits per heavy atom. The van der Waals surface area contributed by atoms with Gasteiger partial charge < -0.3 is 34.9 Å². The number of aliphatic hydroxyl groups is 2. The molecule has 49 heavy (non-hydrogen) atoms. The molecular formula is C40H43N3O6. The fraction of sp³-hybridized carbons (Fsp3) is 0.600. The van der Waals surface area contributed by atoms with Gasteiger partial charge >= 0.3 is 0 Å². The van der Waals surface area contributed by atoms with Crippen molar-refractivity contribution in [1.82, 2.24) is 14.8 Å². The first-order chi connectivity index (χ1) is 23.7. The van der Waals surface area contributed by atoms with Crippen molar-refractivity contribution < 1.29 is 29.9 Å². The molecule has 0 amide bonds. The maximum atomic E-state index is 13.5. The molecule has 2 spiro atoms. The predicted octanol–water partition coefficient (Wildman–Crippen LogP) is 3.82. The van der Waals surface area contributed by atoms with Crippen molar-refractivity contribution in [3.8, 4) is 23.0 Å². The number of piperidine rings is 2. The highest BCUT2D eigenvalue weighted by atomic mass is 16.5. The van der Waals surface area contributed by atoms with Crippen molar-refractivity contribution in [3.05, 3.63) is 69.0 Å². The van der Waals surface area contributed by atoms with Crippen LogP contribution in [0.1, 0.15) is 95.5 Å². The molecule has 5 N–H and O–H groups in total. The molecule has 13 rings (SSSR count). The summed E-state index contributed by atoms with van der Waals surface area (Å²) in [6.45, 7) is 3.84. The highest BCUT2D eigenvalue weighted by Gasteiger charge is 2.76. The number of rotatable bonds is 4. The zero-order valence-electron chi connectivity index (χ0n) is 27.7. The molecule has 10 aliphatic rings. The third kappa shape index (κ3) is 2.87. The molecule has 0 radical (unpaired) electrons. The number of hydrogen-bond acceptors (Lipinski definition) is 8. The number of aromatic nitrogens is 1. The summed E-state index contributed by atoms with van der Waals surface area (Å²) in [6, 6.07) is 7.56. The number of aromatic hydroxyl groups is 2. The van der Waals surface area contributed by atoms with Crippen LogP contribution in [0.5, 0.6) is 23.0 Å². The van der Waals surface area contributed by atoms with Gasteiger partial charge in [-0.1, -0.05) is 12.1 Å². The van der Waals surface area contributed by atoms with Gasteiger partial charge in [0.05, 0.1) is 33.4 Å². The van der Waals surface area contributed by atoms with Crippen LogP contribution in [0, 0.1) is 11.8 Å². The van der Waals surface area contributed by atoms with E-state index in [1.807, 2.05) is 0 Å². The maximum Gasteiger partial charge on any atom is 0.166 e. The number of H-pyrrole nitrogens is 1. The van der Waals surface area contributed by atoms with Crippen molar-refractivity contribution in [3.63, 3.8) is 0 Å². The van der Waals surface area contributed by atoms with E-state index in [1.165, 1.54) is 36.8 Å². The largest absolute Gasteiger partial charge is 0.504 e. The van der Waals surface area contributed by atoms with E-state index >= 15 is 0 Å². The minimum Gasteiger partial charge on any atom is -0.504 e. The number of aromatic amines is 1. The number of nitrogens with one attached hydrogen (secondary N) is 1. The van der Waals surface area contributed by atoms with Crippen LogP contribution in [-0.4, -0.2) is 84.7 Å². The SMILES string of the molecule is Oc1ccc2c3c1O[C@H]1c4[nH]c5c(c4C[C@@]4(O)[C@@H](C2)N(CC2CC2)CC[C@]314)C[C@]1(O)[C@@H]2Cc3ccc(O)c4c3[C@@]1(CCN2CC1CC1)[C@@H]5O4. The summed E-state index contributed by atoms with van der Waals surface area (Å²) in [6.07, 6.45) is 8.06. The second-order valence-corrected chi connectivity index (χ2v) is 17.8. The lowest BCUT2D eigenvalue weighted by Gasteiger charge is -2.63. The van der Waals surface area contributed by atoms with E-state index in [9.17, 15) is 20.4 Å². The standard InChI is InChI=1S/C40H43N3O6/c44-25-7-5-21-13-27-39(46)15-23-24-16-40(47)28-14-22-6-8-26(45)34-30(22)38(40,10-12-43(28)18-20-3-4-20)36(49-34)32(24)41-31(23)35-37(39,29(21)33(25)48-35)9-11-42(27)17-19-1-2-19/h5-8,19-20,27-28,35-36,41,44-47H,1-4,9-18H2/t27-,28+,35+,36-,37-,38-,39-,40+/m0/s1. The molecular weight excluding hydrogens is 618 g/mol. The Bertz CT molecular complexity index is 1910. The molecule has 2 saturated carbocycles. The smallest absolute Gasteiger partial charge is 0.166 e. The third-order valence-electron chi connectivity index (χ3n) is 15.7. The number of fused-ring (bicyclic) bond motifs is 5. The predicted molar refractivity (Wildman–Crippen MR) is 177 cm³/mol. The van der Waals surface area contributed by atoms with Crippen molar-refractivity contribution in [2.24, 2.45) is 11.8 Å². The highest BCUT2D eigenvalue weighted by molar-refractivity contribution is 5.68. The van der Waals surface area contributed by atoms with Gasteiger partial charge in [0.1, 0.15) is 0 Å². The number of ether oxygens (including phenoxy) is 2. The molecule has 4 fully saturated rings. The average molecular weight is 662 g/mol. The summed E-state index contributed by atoms with van der Waals surface area (Å²) >= 11 is 0. The van der Waals surface area contributed by atoms with Gasteiger partial charge in [-0.25, -0.2) is 0 Å². The molecule has 9 heteroatoms. The van der Waals surface area contributed by atoms with Crippen LogP contribution in [-0.2, 0) is 36.5 Å². The Morgan fingerprint density at radius 1 is 0.673 bits per heavy atom. The zero-order valence-corrected chi connectivity index (χ0v) is 27.7. The first-order valence-corrected chi connectivity index (χ1v) is 19.0. The minimum absolute atomic E-state index is 0.0535. The van der Waals surface area contributed by atoms with E-state index < -0.39 is 34.2 Å². The van der Waals surface area contributed by atoms with Crippen molar-refractivity contribution in [2.45, 2.75) is 111 Å². The van der Waals surface area contributed by atoms with E-state index in [4.69, 9.17) is 9.47 Å². The molecule has 9 nitrogen and oxygen atoms in total. The van der Waals surface area contributed by atoms with Gasteiger partial charge in [-0.2, -0.15) is 0 Å². The molecule has 6 aliphatic carbocycles. The Balaban J connectivity index is 1.03. The van der Waals surface area contributed by atoms with Gasteiger partial charge in [0.25, 0.3) is 0 Å². The number of phenols is 2. The zero-order chi connectivity index (χ0) is 32.4. The molecule has 8 atom stereocenters. The lowest BCUT2D eigenvalue weighted by molar-refractivity contribution is -0.176. The van der Waals surface area contributed by atoms with Crippen LogP contribution >= 0.6 is 0 Å². The number of phenolic OH excluding ortho intramolecular Hbond substituents is 2. The van der Waals surface area contributed by atoms with Crippen molar-refractivity contribution in [1.29, 1.82) is 0 Å². The maximum absolute atomic E-state index is 13.5. The monoisotopic (exact) mass is 661 g/mol. The van der Waals surface area contributed by atoms with Gasteiger partial charge in [0.2, 0.25) is 0 Å². The molecule has 3 aromatic rings. The summed E-state index contributed by atoms with van der Waals surface area (Å²) in [5.74, 6) is 2.77. The van der Waals surface area contributed by atoms with Gasteiger partial charge in [-0.3, -0.25) is 9.80 Å². The molecule has 4 bridgehead atoms. The van der Waals surface area contributed by atoms with E-state index in [2.05, 4.69) is 26.9 Å². The number of likely N-dealkylation sites (tertiary alicyclic amines) is 2. The van der Waals surface area contributed by atoms with Gasteiger partial charge in [-0.15, -0.1) is 0 Å². The first kappa shape index (κ1) is 27.5. The fourth-order valence-electron chi connectivity index (χ4n) is 13.4. The number of hydrogen-bond donors (Lipinski definition) is 5. The molecule has 4 aliphatic heterocycles. The molecule has 0 unspecified atom stereocenters. The van der Waals surface area contributed by atoms with Crippen molar-refractivity contribution in [2.75, 3.05) is 26.2 Å². The summed E-state index contributed by atoms with van der Waals surface area (Å²) in [5.41, 5.74) is 4.93. The van der Waals surface area contributed by atoms with Crippen LogP contribution in [0.25, 0.3) is 0 Å². The van der Waals surface area contributed by atoms with Crippen LogP contribution in [0.2, 0.25) is 0 Å². The number of nitrogens with zero attached hydrogens (tertiary/aromatic N) is 2. The first-order valence-electron chi connectivity index (χ1n) is 19.0. The third-order valence-corrected chi connectivity index (χ3v) is 15.7. The lowest BCUT2D eigenvalue weighted by atomic mass is 9.47. The Labute approximate surface area is 284 Å². The summed E-state index contributed by atoms with van der Waals surface area (Å²) in [4.78, 5) is 9.05. The van der Waals surface area contributed by atoms with E-state index in [0.717, 1.165) is 85.5 Å². The normalized spacial score (nSPS) is 41.3. The van der Waals surface area contributed by atoms with E-state index in [-0.39, 0.29) is 23.6 Å². The van der Waals surface area contributed by atoms with Gasteiger partial charge in [-0.05, 0) is 111 Å².